The van der Waals surface area contributed by atoms with Crippen LogP contribution in [0.1, 0.15) is 19.0 Å². The number of nitrogens with zero attached hydrogens (tertiary/aromatic N) is 4. The minimum Gasteiger partial charge on any atom is -0.502 e. The molecule has 9 nitrogen and oxygen atoms in total. The molecule has 0 fully saturated rings. The van der Waals surface area contributed by atoms with E-state index in [1.807, 2.05) is 6.92 Å². The van der Waals surface area contributed by atoms with Crippen molar-refractivity contribution in [3.05, 3.63) is 44.4 Å². The first-order chi connectivity index (χ1) is 11.4. The summed E-state index contributed by atoms with van der Waals surface area (Å²) in [5.74, 6) is -0.249. The Hall–Kier alpha value is -3.23. The van der Waals surface area contributed by atoms with Gasteiger partial charge in [0.05, 0.1) is 10.6 Å². The van der Waals surface area contributed by atoms with Crippen molar-refractivity contribution < 1.29 is 10.0 Å². The number of aromatic hydroxyl groups is 1. The number of phenolic OH excluding ortho intramolecular Hbond substituents is 1. The normalized spacial score (nSPS) is 11.1. The number of hydrogen-bond donors (Lipinski definition) is 2. The summed E-state index contributed by atoms with van der Waals surface area (Å²) in [5, 5.41) is 24.8. The van der Waals surface area contributed by atoms with Gasteiger partial charge in [-0.05, 0) is 18.6 Å². The molecule has 0 spiro atoms. The van der Waals surface area contributed by atoms with Crippen LogP contribution in [0.5, 0.6) is 5.75 Å². The van der Waals surface area contributed by atoms with Crippen molar-refractivity contribution in [2.45, 2.75) is 19.8 Å². The number of hydrogen-bond acceptors (Lipinski definition) is 6. The first-order valence-electron chi connectivity index (χ1n) is 7.36. The molecular formula is C15H15N5O4. The molecule has 2 aromatic heterocycles. The van der Waals surface area contributed by atoms with E-state index >= 15 is 0 Å². The van der Waals surface area contributed by atoms with Gasteiger partial charge in [0.25, 0.3) is 5.56 Å². The minimum atomic E-state index is -0.692. The smallest absolute Gasteiger partial charge is 0.311 e. The highest BCUT2D eigenvalue weighted by Gasteiger charge is 2.18. The van der Waals surface area contributed by atoms with Gasteiger partial charge in [-0.3, -0.25) is 19.6 Å². The number of fused-ring (bicyclic) bond motifs is 1. The Morgan fingerprint density at radius 1 is 1.42 bits per heavy atom. The molecule has 1 aromatic carbocycles. The number of aryl methyl sites for hydroxylation is 2. The number of H-pyrrole nitrogens is 1. The van der Waals surface area contributed by atoms with Crippen molar-refractivity contribution in [1.29, 1.82) is 0 Å². The fraction of sp³-hybridized carbons (Fsp3) is 0.267. The Labute approximate surface area is 135 Å². The summed E-state index contributed by atoms with van der Waals surface area (Å²) in [6.07, 6.45) is 1.52. The zero-order valence-electron chi connectivity index (χ0n) is 13.1. The summed E-state index contributed by atoms with van der Waals surface area (Å²) in [6.45, 7) is 2.00. The molecule has 0 unspecified atom stereocenters. The predicted molar refractivity (Wildman–Crippen MR) is 86.9 cm³/mol. The van der Waals surface area contributed by atoms with Crippen LogP contribution in [0.3, 0.4) is 0 Å². The molecular weight excluding hydrogens is 314 g/mol. The molecule has 0 saturated heterocycles. The van der Waals surface area contributed by atoms with Gasteiger partial charge in [0.1, 0.15) is 11.3 Å². The van der Waals surface area contributed by atoms with Gasteiger partial charge in [-0.1, -0.05) is 13.3 Å². The summed E-state index contributed by atoms with van der Waals surface area (Å²) in [4.78, 5) is 29.7. The van der Waals surface area contributed by atoms with Crippen LogP contribution in [0, 0.1) is 10.1 Å². The molecule has 3 rings (SSSR count). The van der Waals surface area contributed by atoms with E-state index in [0.717, 1.165) is 6.42 Å². The van der Waals surface area contributed by atoms with Crippen molar-refractivity contribution >= 4 is 16.7 Å². The Bertz CT molecular complexity index is 1010. The summed E-state index contributed by atoms with van der Waals surface area (Å²) in [7, 11) is 1.67. The third-order valence-corrected chi connectivity index (χ3v) is 3.69. The van der Waals surface area contributed by atoms with Crippen LogP contribution in [-0.2, 0) is 13.5 Å². The molecule has 0 atom stereocenters. The molecule has 0 aliphatic heterocycles. The highest BCUT2D eigenvalue weighted by atomic mass is 16.6. The molecule has 0 bridgehead atoms. The van der Waals surface area contributed by atoms with E-state index in [4.69, 9.17) is 0 Å². The van der Waals surface area contributed by atoms with Crippen LogP contribution < -0.4 is 5.56 Å². The number of nitrogens with one attached hydrogen (secondary N) is 1. The van der Waals surface area contributed by atoms with Gasteiger partial charge in [0.2, 0.25) is 0 Å². The van der Waals surface area contributed by atoms with E-state index in [9.17, 15) is 20.0 Å². The van der Waals surface area contributed by atoms with Gasteiger partial charge in [-0.2, -0.15) is 5.10 Å². The second-order valence-electron chi connectivity index (χ2n) is 5.39. The largest absolute Gasteiger partial charge is 0.502 e. The lowest BCUT2D eigenvalue weighted by Crippen LogP contribution is -2.12. The second-order valence-corrected chi connectivity index (χ2v) is 5.39. The van der Waals surface area contributed by atoms with Crippen LogP contribution in [0.15, 0.2) is 23.0 Å². The molecule has 0 aliphatic carbocycles. The van der Waals surface area contributed by atoms with Gasteiger partial charge < -0.3 is 10.1 Å². The molecule has 3 aromatic rings. The molecule has 0 saturated carbocycles. The monoisotopic (exact) mass is 329 g/mol. The SMILES string of the molecule is CCCc1nn(C)c2c(=O)[nH]c(-c3ccc(O)c([N+](=O)[O-])c3)nc12. The van der Waals surface area contributed by atoms with Crippen molar-refractivity contribution in [3.8, 4) is 17.1 Å². The van der Waals surface area contributed by atoms with Crippen molar-refractivity contribution in [3.63, 3.8) is 0 Å². The van der Waals surface area contributed by atoms with Crippen LogP contribution in [0.4, 0.5) is 5.69 Å². The Morgan fingerprint density at radius 3 is 2.83 bits per heavy atom. The number of benzene rings is 1. The van der Waals surface area contributed by atoms with E-state index in [1.54, 1.807) is 7.05 Å². The lowest BCUT2D eigenvalue weighted by molar-refractivity contribution is -0.385. The maximum absolute atomic E-state index is 12.4. The first-order valence-corrected chi connectivity index (χ1v) is 7.36. The van der Waals surface area contributed by atoms with Crippen LogP contribution in [0.25, 0.3) is 22.4 Å². The van der Waals surface area contributed by atoms with Crippen molar-refractivity contribution in [1.82, 2.24) is 19.7 Å². The molecule has 2 N–H and O–H groups in total. The third kappa shape index (κ3) is 2.49. The lowest BCUT2D eigenvalue weighted by atomic mass is 10.1. The highest BCUT2D eigenvalue weighted by Crippen LogP contribution is 2.30. The van der Waals surface area contributed by atoms with E-state index in [-0.39, 0.29) is 11.4 Å². The second kappa shape index (κ2) is 5.76. The molecule has 24 heavy (non-hydrogen) atoms. The van der Waals surface area contributed by atoms with Crippen molar-refractivity contribution in [2.24, 2.45) is 7.05 Å². The maximum atomic E-state index is 12.4. The standard InChI is InChI=1S/C15H15N5O4/c1-3-4-9-12-13(19(2)18-9)15(22)17-14(16-12)8-5-6-11(21)10(7-8)20(23)24/h5-7,21H,3-4H2,1-2H3,(H,16,17,22). The number of aromatic nitrogens is 4. The Morgan fingerprint density at radius 2 is 2.17 bits per heavy atom. The predicted octanol–water partition coefficient (Wildman–Crippen LogP) is 1.89. The molecule has 124 valence electrons. The number of aromatic amines is 1. The van der Waals surface area contributed by atoms with Crippen LogP contribution >= 0.6 is 0 Å². The molecule has 2 heterocycles. The van der Waals surface area contributed by atoms with Crippen LogP contribution in [-0.4, -0.2) is 29.8 Å². The summed E-state index contributed by atoms with van der Waals surface area (Å²) < 4.78 is 1.48. The molecule has 9 heteroatoms. The zero-order chi connectivity index (χ0) is 17.4. The topological polar surface area (TPSA) is 127 Å². The average molecular weight is 329 g/mol. The molecule has 0 amide bonds. The minimum absolute atomic E-state index is 0.195. The lowest BCUT2D eigenvalue weighted by Gasteiger charge is -2.03. The Balaban J connectivity index is 2.24. The number of nitro benzene ring substituents is 1. The molecule has 0 aliphatic rings. The Kier molecular flexibility index (Phi) is 3.76. The zero-order valence-corrected chi connectivity index (χ0v) is 13.1. The van der Waals surface area contributed by atoms with Gasteiger partial charge in [0.15, 0.2) is 11.3 Å². The van der Waals surface area contributed by atoms with Gasteiger partial charge in [0, 0.05) is 18.7 Å². The van der Waals surface area contributed by atoms with E-state index in [2.05, 4.69) is 15.1 Å². The number of nitro groups is 1. The molecule has 0 radical (unpaired) electrons. The quantitative estimate of drug-likeness (QED) is 0.556. The fourth-order valence-electron chi connectivity index (χ4n) is 2.61. The third-order valence-electron chi connectivity index (χ3n) is 3.69. The van der Waals surface area contributed by atoms with E-state index in [1.165, 1.54) is 22.9 Å². The fourth-order valence-corrected chi connectivity index (χ4v) is 2.61. The van der Waals surface area contributed by atoms with E-state index < -0.39 is 16.4 Å². The van der Waals surface area contributed by atoms with Crippen molar-refractivity contribution in [2.75, 3.05) is 0 Å². The number of rotatable bonds is 4. The van der Waals surface area contributed by atoms with Gasteiger partial charge in [-0.25, -0.2) is 4.98 Å². The first kappa shape index (κ1) is 15.7. The summed E-state index contributed by atoms with van der Waals surface area (Å²) in [5.41, 5.74) is 1.06. The average Bonchev–Trinajstić information content (AvgIpc) is 2.84. The van der Waals surface area contributed by atoms with Crippen LogP contribution in [0.2, 0.25) is 0 Å². The summed E-state index contributed by atoms with van der Waals surface area (Å²) in [6, 6.07) is 3.84. The summed E-state index contributed by atoms with van der Waals surface area (Å²) >= 11 is 0. The highest BCUT2D eigenvalue weighted by molar-refractivity contribution is 5.79. The number of phenols is 1. The maximum Gasteiger partial charge on any atom is 0.311 e. The van der Waals surface area contributed by atoms with E-state index in [0.29, 0.717) is 28.7 Å². The van der Waals surface area contributed by atoms with Gasteiger partial charge >= 0.3 is 5.69 Å². The van der Waals surface area contributed by atoms with Gasteiger partial charge in [-0.15, -0.1) is 0 Å².